The van der Waals surface area contributed by atoms with E-state index in [1.165, 1.54) is 11.8 Å². The molecule has 0 amide bonds. The molecule has 6 rings (SSSR count). The molecular formula is C26H19N5O2S. The quantitative estimate of drug-likeness (QED) is 0.322. The largest absolute Gasteiger partial charge is 0.356 e. The molecule has 0 unspecified atom stereocenters. The highest BCUT2D eigenvalue weighted by Gasteiger charge is 2.19. The standard InChI is InChI=1S/C26H19N5O2S/c1-17-9-5-7-13-21(17)30-24(32)20-12-6-8-14-22(20)31-25(30)27-28-26(31)34-16-19-15-23(33-29-19)18-10-3-2-4-11-18/h2-15H,16H2,1H3. The van der Waals surface area contributed by atoms with Crippen molar-refractivity contribution in [1.82, 2.24) is 24.3 Å². The first-order chi connectivity index (χ1) is 16.7. The lowest BCUT2D eigenvalue weighted by Crippen LogP contribution is -2.22. The fourth-order valence-electron chi connectivity index (χ4n) is 4.06. The maximum Gasteiger partial charge on any atom is 0.267 e. The van der Waals surface area contributed by atoms with Crippen molar-refractivity contribution in [3.8, 4) is 17.0 Å². The summed E-state index contributed by atoms with van der Waals surface area (Å²) in [5, 5.41) is 14.4. The Morgan fingerprint density at radius 1 is 0.912 bits per heavy atom. The molecule has 6 aromatic rings. The summed E-state index contributed by atoms with van der Waals surface area (Å²) in [7, 11) is 0. The third kappa shape index (κ3) is 3.39. The highest BCUT2D eigenvalue weighted by atomic mass is 32.2. The van der Waals surface area contributed by atoms with Crippen LogP contribution in [0.3, 0.4) is 0 Å². The van der Waals surface area contributed by atoms with Gasteiger partial charge in [-0.2, -0.15) is 0 Å². The van der Waals surface area contributed by atoms with Crippen LogP contribution in [0.5, 0.6) is 0 Å². The van der Waals surface area contributed by atoms with Gasteiger partial charge in [-0.1, -0.05) is 77.6 Å². The van der Waals surface area contributed by atoms with Crippen LogP contribution in [0.2, 0.25) is 0 Å². The third-order valence-corrected chi connectivity index (χ3v) is 6.68. The average molecular weight is 466 g/mol. The zero-order valence-corrected chi connectivity index (χ0v) is 19.1. The van der Waals surface area contributed by atoms with E-state index in [2.05, 4.69) is 15.4 Å². The topological polar surface area (TPSA) is 78.2 Å². The van der Waals surface area contributed by atoms with Gasteiger partial charge in [0.1, 0.15) is 0 Å². The van der Waals surface area contributed by atoms with Gasteiger partial charge >= 0.3 is 0 Å². The molecule has 0 saturated carbocycles. The number of benzene rings is 3. The molecule has 0 saturated heterocycles. The molecule has 0 N–H and O–H groups in total. The van der Waals surface area contributed by atoms with Crippen molar-refractivity contribution in [1.29, 1.82) is 0 Å². The Bertz CT molecular complexity index is 1700. The molecule has 0 aliphatic rings. The van der Waals surface area contributed by atoms with E-state index in [0.29, 0.717) is 22.1 Å². The van der Waals surface area contributed by atoms with Crippen molar-refractivity contribution < 1.29 is 4.52 Å². The van der Waals surface area contributed by atoms with Gasteiger partial charge in [0.15, 0.2) is 10.9 Å². The van der Waals surface area contributed by atoms with Crippen LogP contribution >= 0.6 is 11.8 Å². The first kappa shape index (κ1) is 20.4. The molecule has 0 atom stereocenters. The van der Waals surface area contributed by atoms with Crippen molar-refractivity contribution >= 4 is 28.4 Å². The lowest BCUT2D eigenvalue weighted by Gasteiger charge is -2.13. The van der Waals surface area contributed by atoms with Gasteiger partial charge < -0.3 is 4.52 Å². The van der Waals surface area contributed by atoms with E-state index in [4.69, 9.17) is 4.52 Å². The molecule has 8 heteroatoms. The van der Waals surface area contributed by atoms with Crippen LogP contribution in [-0.2, 0) is 5.75 Å². The van der Waals surface area contributed by atoms with Crippen molar-refractivity contribution in [3.63, 3.8) is 0 Å². The minimum Gasteiger partial charge on any atom is -0.356 e. The summed E-state index contributed by atoms with van der Waals surface area (Å²) < 4.78 is 9.11. The highest BCUT2D eigenvalue weighted by molar-refractivity contribution is 7.98. The molecule has 34 heavy (non-hydrogen) atoms. The maximum atomic E-state index is 13.5. The zero-order chi connectivity index (χ0) is 23.1. The molecule has 166 valence electrons. The Morgan fingerprint density at radius 3 is 2.53 bits per heavy atom. The summed E-state index contributed by atoms with van der Waals surface area (Å²) >= 11 is 1.50. The Balaban J connectivity index is 1.44. The average Bonchev–Trinajstić information content (AvgIpc) is 3.52. The summed E-state index contributed by atoms with van der Waals surface area (Å²) in [6.45, 7) is 1.98. The zero-order valence-electron chi connectivity index (χ0n) is 18.3. The number of aryl methyl sites for hydroxylation is 1. The van der Waals surface area contributed by atoms with Gasteiger partial charge in [0.2, 0.25) is 5.78 Å². The molecule has 3 aromatic carbocycles. The summed E-state index contributed by atoms with van der Waals surface area (Å²) in [5.74, 6) is 1.75. The second-order valence-electron chi connectivity index (χ2n) is 7.90. The van der Waals surface area contributed by atoms with Crippen LogP contribution in [0.1, 0.15) is 11.3 Å². The molecule has 0 aliphatic carbocycles. The molecule has 0 aliphatic heterocycles. The Kier molecular flexibility index (Phi) is 5.00. The SMILES string of the molecule is Cc1ccccc1-n1c(=O)c2ccccc2n2c(SCc3cc(-c4ccccc4)on3)nnc12. The van der Waals surface area contributed by atoms with Crippen LogP contribution < -0.4 is 5.56 Å². The highest BCUT2D eigenvalue weighted by Crippen LogP contribution is 2.28. The van der Waals surface area contributed by atoms with Gasteiger partial charge in [0.05, 0.1) is 22.3 Å². The lowest BCUT2D eigenvalue weighted by atomic mass is 10.2. The van der Waals surface area contributed by atoms with Crippen molar-refractivity contribution in [3.05, 3.63) is 107 Å². The van der Waals surface area contributed by atoms with Gasteiger partial charge in [0.25, 0.3) is 5.56 Å². The third-order valence-electron chi connectivity index (χ3n) is 5.72. The summed E-state index contributed by atoms with van der Waals surface area (Å²) in [6.07, 6.45) is 0. The second-order valence-corrected chi connectivity index (χ2v) is 8.84. The molecular weight excluding hydrogens is 446 g/mol. The number of hydrogen-bond donors (Lipinski definition) is 0. The molecule has 0 radical (unpaired) electrons. The summed E-state index contributed by atoms with van der Waals surface area (Å²) in [4.78, 5) is 13.5. The van der Waals surface area contributed by atoms with E-state index in [1.54, 1.807) is 4.57 Å². The minimum absolute atomic E-state index is 0.120. The number of rotatable bonds is 5. The minimum atomic E-state index is -0.120. The van der Waals surface area contributed by atoms with Gasteiger partial charge in [0, 0.05) is 17.4 Å². The normalized spacial score (nSPS) is 11.4. The smallest absolute Gasteiger partial charge is 0.267 e. The predicted molar refractivity (Wildman–Crippen MR) is 132 cm³/mol. The van der Waals surface area contributed by atoms with E-state index in [0.717, 1.165) is 33.8 Å². The molecule has 0 bridgehead atoms. The number of thioether (sulfide) groups is 1. The van der Waals surface area contributed by atoms with Crippen LogP contribution in [0.4, 0.5) is 0 Å². The lowest BCUT2D eigenvalue weighted by molar-refractivity contribution is 0.426. The fraction of sp³-hybridized carbons (Fsp3) is 0.0769. The summed E-state index contributed by atoms with van der Waals surface area (Å²) in [5.41, 5.74) is 4.20. The monoisotopic (exact) mass is 465 g/mol. The van der Waals surface area contributed by atoms with E-state index in [-0.39, 0.29) is 5.56 Å². The molecule has 7 nitrogen and oxygen atoms in total. The Morgan fingerprint density at radius 2 is 1.68 bits per heavy atom. The van der Waals surface area contributed by atoms with E-state index in [9.17, 15) is 4.79 Å². The van der Waals surface area contributed by atoms with E-state index in [1.807, 2.05) is 96.3 Å². The van der Waals surface area contributed by atoms with Gasteiger partial charge in [-0.25, -0.2) is 4.57 Å². The first-order valence-electron chi connectivity index (χ1n) is 10.8. The van der Waals surface area contributed by atoms with Crippen molar-refractivity contribution in [2.45, 2.75) is 17.8 Å². The van der Waals surface area contributed by atoms with Gasteiger partial charge in [-0.05, 0) is 30.7 Å². The van der Waals surface area contributed by atoms with E-state index < -0.39 is 0 Å². The van der Waals surface area contributed by atoms with Crippen molar-refractivity contribution in [2.75, 3.05) is 0 Å². The van der Waals surface area contributed by atoms with Crippen LogP contribution in [0, 0.1) is 6.92 Å². The molecule has 0 fully saturated rings. The molecule has 3 aromatic heterocycles. The van der Waals surface area contributed by atoms with Gasteiger partial charge in [-0.15, -0.1) is 10.2 Å². The van der Waals surface area contributed by atoms with Crippen LogP contribution in [0.25, 0.3) is 33.7 Å². The number of para-hydroxylation sites is 2. The number of fused-ring (bicyclic) bond motifs is 3. The summed E-state index contributed by atoms with van der Waals surface area (Å²) in [6, 6.07) is 27.1. The number of aromatic nitrogens is 5. The Hall–Kier alpha value is -4.17. The van der Waals surface area contributed by atoms with E-state index >= 15 is 0 Å². The fourth-order valence-corrected chi connectivity index (χ4v) is 4.88. The predicted octanol–water partition coefficient (Wildman–Crippen LogP) is 5.29. The molecule has 3 heterocycles. The maximum absolute atomic E-state index is 13.5. The first-order valence-corrected chi connectivity index (χ1v) is 11.8. The van der Waals surface area contributed by atoms with Crippen molar-refractivity contribution in [2.24, 2.45) is 0 Å². The number of hydrogen-bond acceptors (Lipinski definition) is 6. The van der Waals surface area contributed by atoms with Crippen LogP contribution in [-0.4, -0.2) is 24.3 Å². The Labute approximate surface area is 198 Å². The second kappa shape index (κ2) is 8.31. The number of nitrogens with zero attached hydrogens (tertiary/aromatic N) is 5. The molecule has 0 spiro atoms. The van der Waals surface area contributed by atoms with Crippen LogP contribution in [0.15, 0.2) is 99.4 Å². The van der Waals surface area contributed by atoms with Gasteiger partial charge in [-0.3, -0.25) is 9.20 Å².